The van der Waals surface area contributed by atoms with Crippen LogP contribution in [0.2, 0.25) is 0 Å². The normalized spacial score (nSPS) is 16.1. The summed E-state index contributed by atoms with van der Waals surface area (Å²) in [6, 6.07) is 12.4. The molecule has 0 radical (unpaired) electrons. The molecular weight excluding hydrogens is 1040 g/mol. The number of anilines is 3. The molecule has 400 valence electrons. The van der Waals surface area contributed by atoms with E-state index >= 15 is 0 Å². The van der Waals surface area contributed by atoms with Crippen molar-refractivity contribution in [2.24, 2.45) is 0 Å². The van der Waals surface area contributed by atoms with E-state index in [0.717, 1.165) is 133 Å². The van der Waals surface area contributed by atoms with Gasteiger partial charge in [0.15, 0.2) is 11.6 Å². The number of morpholine rings is 3. The van der Waals surface area contributed by atoms with Gasteiger partial charge in [0.25, 0.3) is 0 Å². The average Bonchev–Trinajstić information content (AvgIpc) is 3.38. The van der Waals surface area contributed by atoms with E-state index in [2.05, 4.69) is 133 Å². The Morgan fingerprint density at radius 1 is 0.479 bits per heavy atom. The molecule has 0 bridgehead atoms. The van der Waals surface area contributed by atoms with Crippen LogP contribution in [0.15, 0.2) is 36.4 Å². The van der Waals surface area contributed by atoms with Gasteiger partial charge < -0.3 is 62.1 Å². The van der Waals surface area contributed by atoms with E-state index < -0.39 is 11.6 Å². The third kappa shape index (κ3) is 14.8. The van der Waals surface area contributed by atoms with Crippen LogP contribution in [0, 0.1) is 0 Å². The molecule has 3 aliphatic heterocycles. The van der Waals surface area contributed by atoms with Crippen molar-refractivity contribution in [2.45, 2.75) is 97.1 Å². The SMILES string of the molecule is COc1c(N2CCOCC2)cc(C(=O)CBr)cc1C(C)(C)C.COc1c(N2CCOCC2)cc(C(C)(OC)OC)cc1C(C)(C)C.COc1c(N2CCOCC2)cc(C(CBr)(OC)OC)cc1C(C)(C)C. The van der Waals surface area contributed by atoms with Gasteiger partial charge in [-0.15, -0.1) is 0 Å². The quantitative estimate of drug-likeness (QED) is 0.0816. The van der Waals surface area contributed by atoms with Gasteiger partial charge in [0.1, 0.15) is 17.2 Å². The number of methoxy groups -OCH3 is 7. The number of alkyl halides is 2. The van der Waals surface area contributed by atoms with Gasteiger partial charge in [0.05, 0.1) is 88.7 Å². The number of ketones is 1. The lowest BCUT2D eigenvalue weighted by Gasteiger charge is -2.36. The number of carbonyl (C=O) groups excluding carboxylic acids is 1. The van der Waals surface area contributed by atoms with Crippen LogP contribution in [0.3, 0.4) is 0 Å². The molecule has 0 spiro atoms. The number of ether oxygens (including phenoxy) is 10. The number of hydrogen-bond donors (Lipinski definition) is 0. The summed E-state index contributed by atoms with van der Waals surface area (Å²) >= 11 is 6.81. The maximum absolute atomic E-state index is 12.2. The van der Waals surface area contributed by atoms with Crippen molar-refractivity contribution in [1.82, 2.24) is 0 Å². The van der Waals surface area contributed by atoms with E-state index in [4.69, 9.17) is 47.4 Å². The molecule has 3 aromatic rings. The molecule has 0 unspecified atom stereocenters. The Hall–Kier alpha value is -3.19. The van der Waals surface area contributed by atoms with Crippen LogP contribution in [0.25, 0.3) is 0 Å². The lowest BCUT2D eigenvalue weighted by atomic mass is 9.83. The molecule has 0 saturated carbocycles. The lowest BCUT2D eigenvalue weighted by molar-refractivity contribution is -0.201. The monoisotopic (exact) mass is 1120 g/mol. The van der Waals surface area contributed by atoms with E-state index in [9.17, 15) is 4.79 Å². The highest BCUT2D eigenvalue weighted by Gasteiger charge is 2.36. The van der Waals surface area contributed by atoms with E-state index in [0.29, 0.717) is 23.9 Å². The lowest BCUT2D eigenvalue weighted by Crippen LogP contribution is -2.38. The van der Waals surface area contributed by atoms with Gasteiger partial charge in [0, 0.05) is 101 Å². The molecule has 3 saturated heterocycles. The zero-order valence-electron chi connectivity index (χ0n) is 46.0. The summed E-state index contributed by atoms with van der Waals surface area (Å²) in [5.74, 6) is 1.14. The third-order valence-electron chi connectivity index (χ3n) is 13.3. The van der Waals surface area contributed by atoms with Gasteiger partial charge >= 0.3 is 0 Å². The summed E-state index contributed by atoms with van der Waals surface area (Å²) < 4.78 is 56.6. The largest absolute Gasteiger partial charge is 0.494 e. The fraction of sp³-hybridized carbons (Fsp3) is 0.655. The number of carbonyl (C=O) groups is 1. The molecule has 14 nitrogen and oxygen atoms in total. The Balaban J connectivity index is 0.000000232. The van der Waals surface area contributed by atoms with E-state index in [1.54, 1.807) is 49.8 Å². The molecule has 3 aromatic carbocycles. The number of nitrogens with zero attached hydrogens (tertiary/aromatic N) is 3. The van der Waals surface area contributed by atoms with Crippen LogP contribution < -0.4 is 28.9 Å². The summed E-state index contributed by atoms with van der Waals surface area (Å²) in [5, 5.41) is 0.858. The Kier molecular flexibility index (Phi) is 22.4. The van der Waals surface area contributed by atoms with Gasteiger partial charge in [-0.25, -0.2) is 0 Å². The average molecular weight is 1120 g/mol. The standard InChI is InChI=1S/C19H30BrNO4.C19H31NO4.C17H24BrNO3/c1-18(2,3)15-11-14(19(13-20,23-5)24-6)12-16(17(15)22-4)21-7-9-25-10-8-21;1-18(2,3)15-12-14(19(4,22-6)23-7)13-16(17(15)21-5)20-8-10-24-11-9-20;1-17(2,3)13-9-12(15(20)11-18)10-14(16(13)21-4)19-5-7-22-8-6-19/h11-12H,7-10,13H2,1-6H3;12-13H,8-11H2,1-7H3;9-10H,5-8,11H2,1-4H3. The maximum atomic E-state index is 12.2. The Morgan fingerprint density at radius 2 is 0.803 bits per heavy atom. The first-order valence-electron chi connectivity index (χ1n) is 24.5. The zero-order valence-corrected chi connectivity index (χ0v) is 49.1. The van der Waals surface area contributed by atoms with Gasteiger partial charge in [-0.1, -0.05) is 94.2 Å². The van der Waals surface area contributed by atoms with Crippen molar-refractivity contribution >= 4 is 54.7 Å². The van der Waals surface area contributed by atoms with Crippen molar-refractivity contribution < 1.29 is 52.2 Å². The van der Waals surface area contributed by atoms with E-state index in [1.807, 2.05) is 19.1 Å². The molecule has 0 amide bonds. The van der Waals surface area contributed by atoms with Crippen LogP contribution in [-0.4, -0.2) is 145 Å². The predicted octanol–water partition coefficient (Wildman–Crippen LogP) is 10.4. The zero-order chi connectivity index (χ0) is 53.0. The topological polar surface area (TPSA) is 119 Å². The molecule has 3 fully saturated rings. The second-order valence-electron chi connectivity index (χ2n) is 21.0. The highest BCUT2D eigenvalue weighted by molar-refractivity contribution is 9.09. The van der Waals surface area contributed by atoms with Gasteiger partial charge in [-0.3, -0.25) is 4.79 Å². The number of Topliss-reactive ketones (excluding diaryl/α,β-unsaturated/α-hetero) is 1. The molecule has 0 aromatic heterocycles. The molecule has 16 heteroatoms. The molecule has 0 N–H and O–H groups in total. The number of benzene rings is 3. The first-order chi connectivity index (χ1) is 33.5. The predicted molar refractivity (Wildman–Crippen MR) is 293 cm³/mol. The number of hydrogen-bond acceptors (Lipinski definition) is 14. The van der Waals surface area contributed by atoms with Gasteiger partial charge in [0.2, 0.25) is 5.79 Å². The summed E-state index contributed by atoms with van der Waals surface area (Å²) in [6.45, 7) is 30.8. The van der Waals surface area contributed by atoms with Crippen molar-refractivity contribution in [3.05, 3.63) is 69.8 Å². The summed E-state index contributed by atoms with van der Waals surface area (Å²) in [7, 11) is 11.8. The van der Waals surface area contributed by atoms with Crippen LogP contribution in [-0.2, 0) is 61.0 Å². The number of halogens is 2. The molecule has 0 atom stereocenters. The molecule has 3 aliphatic rings. The first kappa shape index (κ1) is 60.4. The van der Waals surface area contributed by atoms with Gasteiger partial charge in [-0.05, 0) is 59.6 Å². The highest BCUT2D eigenvalue weighted by atomic mass is 79.9. The van der Waals surface area contributed by atoms with Crippen molar-refractivity contribution in [1.29, 1.82) is 0 Å². The van der Waals surface area contributed by atoms with Crippen LogP contribution in [0.5, 0.6) is 17.2 Å². The molecular formula is C55H85Br2N3O11. The van der Waals surface area contributed by atoms with Crippen molar-refractivity contribution in [2.75, 3.05) is 154 Å². The number of rotatable bonds is 15. The minimum Gasteiger partial charge on any atom is -0.494 e. The molecule has 0 aliphatic carbocycles. The Labute approximate surface area is 442 Å². The molecule has 6 rings (SSSR count). The Morgan fingerprint density at radius 3 is 1.10 bits per heavy atom. The van der Waals surface area contributed by atoms with E-state index in [-0.39, 0.29) is 22.0 Å². The van der Waals surface area contributed by atoms with Crippen LogP contribution >= 0.6 is 31.9 Å². The minimum absolute atomic E-state index is 0.0647. The Bertz CT molecular complexity index is 2150. The second kappa shape index (κ2) is 26.3. The van der Waals surface area contributed by atoms with Crippen molar-refractivity contribution in [3.8, 4) is 17.2 Å². The third-order valence-corrected chi connectivity index (χ3v) is 14.6. The summed E-state index contributed by atoms with van der Waals surface area (Å²) in [5.41, 5.74) is 8.90. The first-order valence-corrected chi connectivity index (χ1v) is 26.7. The maximum Gasteiger partial charge on any atom is 0.204 e. The summed E-state index contributed by atoms with van der Waals surface area (Å²) in [4.78, 5) is 19.1. The van der Waals surface area contributed by atoms with Crippen LogP contribution in [0.1, 0.15) is 107 Å². The van der Waals surface area contributed by atoms with Crippen LogP contribution in [0.4, 0.5) is 17.1 Å². The van der Waals surface area contributed by atoms with Crippen molar-refractivity contribution in [3.63, 3.8) is 0 Å². The smallest absolute Gasteiger partial charge is 0.204 e. The minimum atomic E-state index is -0.840. The highest BCUT2D eigenvalue weighted by Crippen LogP contribution is 2.46. The summed E-state index contributed by atoms with van der Waals surface area (Å²) in [6.07, 6.45) is 0. The fourth-order valence-corrected chi connectivity index (χ4v) is 9.92. The molecule has 71 heavy (non-hydrogen) atoms. The van der Waals surface area contributed by atoms with E-state index in [1.165, 1.54) is 0 Å². The van der Waals surface area contributed by atoms with Gasteiger partial charge in [-0.2, -0.15) is 0 Å². The molecule has 3 heterocycles. The second-order valence-corrected chi connectivity index (χ2v) is 22.1. The fourth-order valence-electron chi connectivity index (χ4n) is 8.82.